The molecule has 0 saturated heterocycles. The Morgan fingerprint density at radius 2 is 1.78 bits per heavy atom. The lowest BCUT2D eigenvalue weighted by Crippen LogP contribution is -2.07. The summed E-state index contributed by atoms with van der Waals surface area (Å²) >= 11 is 3.41. The summed E-state index contributed by atoms with van der Waals surface area (Å²) in [7, 11) is 0. The maximum absolute atomic E-state index is 13.2. The van der Waals surface area contributed by atoms with E-state index >= 15 is 0 Å². The minimum Gasteiger partial charge on any atom is -0.378 e. The molecule has 0 amide bonds. The predicted octanol–water partition coefficient (Wildman–Crippen LogP) is 5.07. The van der Waals surface area contributed by atoms with Crippen molar-refractivity contribution in [3.05, 3.63) is 63.9 Å². The summed E-state index contributed by atoms with van der Waals surface area (Å²) in [6.07, 6.45) is 0. The molecular formula is C15H15BrFN. The van der Waals surface area contributed by atoms with Gasteiger partial charge in [-0.15, -0.1) is 0 Å². The molecule has 1 atom stereocenters. The second-order valence-corrected chi connectivity index (χ2v) is 5.29. The highest BCUT2D eigenvalue weighted by molar-refractivity contribution is 9.10. The molecule has 0 fully saturated rings. The van der Waals surface area contributed by atoms with Crippen LogP contribution in [0.2, 0.25) is 0 Å². The molecule has 3 heteroatoms. The van der Waals surface area contributed by atoms with Crippen molar-refractivity contribution in [3.8, 4) is 0 Å². The molecule has 0 spiro atoms. The van der Waals surface area contributed by atoms with E-state index in [1.165, 1.54) is 17.7 Å². The van der Waals surface area contributed by atoms with Gasteiger partial charge in [-0.1, -0.05) is 34.1 Å². The van der Waals surface area contributed by atoms with Crippen LogP contribution >= 0.6 is 15.9 Å². The zero-order chi connectivity index (χ0) is 13.1. The van der Waals surface area contributed by atoms with Crippen LogP contribution in [0.25, 0.3) is 0 Å². The highest BCUT2D eigenvalue weighted by Gasteiger charge is 2.07. The van der Waals surface area contributed by atoms with E-state index in [2.05, 4.69) is 40.3 Å². The van der Waals surface area contributed by atoms with Gasteiger partial charge in [0.2, 0.25) is 0 Å². The molecule has 0 heterocycles. The number of nitrogens with one attached hydrogen (secondary N) is 1. The molecule has 0 saturated carbocycles. The Balaban J connectivity index is 2.18. The summed E-state index contributed by atoms with van der Waals surface area (Å²) in [6.45, 7) is 4.03. The highest BCUT2D eigenvalue weighted by Crippen LogP contribution is 2.23. The van der Waals surface area contributed by atoms with Crippen molar-refractivity contribution in [3.63, 3.8) is 0 Å². The summed E-state index contributed by atoms with van der Waals surface area (Å²) in [4.78, 5) is 0. The first-order chi connectivity index (χ1) is 8.56. The highest BCUT2D eigenvalue weighted by atomic mass is 79.9. The summed E-state index contributed by atoms with van der Waals surface area (Å²) in [5, 5.41) is 3.33. The fourth-order valence-electron chi connectivity index (χ4n) is 1.82. The van der Waals surface area contributed by atoms with Crippen molar-refractivity contribution in [2.45, 2.75) is 19.9 Å². The van der Waals surface area contributed by atoms with E-state index in [0.717, 1.165) is 15.7 Å². The Morgan fingerprint density at radius 3 is 2.44 bits per heavy atom. The molecule has 18 heavy (non-hydrogen) atoms. The van der Waals surface area contributed by atoms with Crippen molar-refractivity contribution in [1.82, 2.24) is 0 Å². The third-order valence-corrected chi connectivity index (χ3v) is 3.47. The predicted molar refractivity (Wildman–Crippen MR) is 77.3 cm³/mol. The molecule has 0 aromatic heterocycles. The van der Waals surface area contributed by atoms with Crippen LogP contribution in [0.3, 0.4) is 0 Å². The van der Waals surface area contributed by atoms with E-state index in [1.54, 1.807) is 6.07 Å². The quantitative estimate of drug-likeness (QED) is 0.834. The van der Waals surface area contributed by atoms with Gasteiger partial charge in [0.05, 0.1) is 0 Å². The van der Waals surface area contributed by atoms with E-state index in [1.807, 2.05) is 19.1 Å². The maximum atomic E-state index is 13.2. The standard InChI is InChI=1S/C15H15BrFN/c1-10-3-8-14(17)9-15(10)18-11(2)12-4-6-13(16)7-5-12/h3-9,11,18H,1-2H3. The Morgan fingerprint density at radius 1 is 1.11 bits per heavy atom. The van der Waals surface area contributed by atoms with Gasteiger partial charge in [0.25, 0.3) is 0 Å². The minimum atomic E-state index is -0.217. The Labute approximate surface area is 115 Å². The Bertz CT molecular complexity index is 537. The minimum absolute atomic E-state index is 0.138. The van der Waals surface area contributed by atoms with Gasteiger partial charge in [-0.25, -0.2) is 4.39 Å². The Hall–Kier alpha value is -1.35. The number of hydrogen-bond acceptors (Lipinski definition) is 1. The SMILES string of the molecule is Cc1ccc(F)cc1NC(C)c1ccc(Br)cc1. The van der Waals surface area contributed by atoms with Gasteiger partial charge in [-0.05, 0) is 49.2 Å². The van der Waals surface area contributed by atoms with Crippen LogP contribution < -0.4 is 5.32 Å². The average molecular weight is 308 g/mol. The van der Waals surface area contributed by atoms with Gasteiger partial charge < -0.3 is 5.32 Å². The molecule has 2 aromatic rings. The lowest BCUT2D eigenvalue weighted by Gasteiger charge is -2.17. The molecule has 2 aromatic carbocycles. The monoisotopic (exact) mass is 307 g/mol. The number of rotatable bonds is 3. The van der Waals surface area contributed by atoms with E-state index in [-0.39, 0.29) is 11.9 Å². The lowest BCUT2D eigenvalue weighted by atomic mass is 10.1. The number of anilines is 1. The molecule has 1 unspecified atom stereocenters. The van der Waals surface area contributed by atoms with Crippen LogP contribution in [0.4, 0.5) is 10.1 Å². The van der Waals surface area contributed by atoms with Crippen molar-refractivity contribution in [2.24, 2.45) is 0 Å². The van der Waals surface area contributed by atoms with Crippen LogP contribution in [0.15, 0.2) is 46.9 Å². The van der Waals surface area contributed by atoms with E-state index in [0.29, 0.717) is 0 Å². The van der Waals surface area contributed by atoms with Gasteiger partial charge in [0.15, 0.2) is 0 Å². The molecule has 1 nitrogen and oxygen atoms in total. The molecule has 0 aliphatic heterocycles. The summed E-state index contributed by atoms with van der Waals surface area (Å²) in [6, 6.07) is 13.0. The fourth-order valence-corrected chi connectivity index (χ4v) is 2.08. The summed E-state index contributed by atoms with van der Waals surface area (Å²) < 4.78 is 14.3. The van der Waals surface area contributed by atoms with Crippen LogP contribution in [-0.4, -0.2) is 0 Å². The molecule has 0 radical (unpaired) electrons. The Kier molecular flexibility index (Phi) is 4.02. The maximum Gasteiger partial charge on any atom is 0.125 e. The summed E-state index contributed by atoms with van der Waals surface area (Å²) in [5.74, 6) is -0.217. The average Bonchev–Trinajstić information content (AvgIpc) is 2.34. The number of hydrogen-bond donors (Lipinski definition) is 1. The second kappa shape index (κ2) is 5.53. The zero-order valence-electron chi connectivity index (χ0n) is 10.4. The third-order valence-electron chi connectivity index (χ3n) is 2.94. The van der Waals surface area contributed by atoms with E-state index < -0.39 is 0 Å². The second-order valence-electron chi connectivity index (χ2n) is 4.38. The first kappa shape index (κ1) is 13.1. The van der Waals surface area contributed by atoms with Gasteiger partial charge in [-0.3, -0.25) is 0 Å². The molecule has 2 rings (SSSR count). The van der Waals surface area contributed by atoms with Crippen molar-refractivity contribution < 1.29 is 4.39 Å². The van der Waals surface area contributed by atoms with Gasteiger partial charge in [0, 0.05) is 16.2 Å². The van der Waals surface area contributed by atoms with Gasteiger partial charge >= 0.3 is 0 Å². The van der Waals surface area contributed by atoms with Crippen molar-refractivity contribution in [2.75, 3.05) is 5.32 Å². The van der Waals surface area contributed by atoms with Crippen LogP contribution in [0.1, 0.15) is 24.1 Å². The topological polar surface area (TPSA) is 12.0 Å². The van der Waals surface area contributed by atoms with Crippen LogP contribution in [-0.2, 0) is 0 Å². The van der Waals surface area contributed by atoms with Gasteiger partial charge in [-0.2, -0.15) is 0 Å². The van der Waals surface area contributed by atoms with Crippen molar-refractivity contribution >= 4 is 21.6 Å². The number of benzene rings is 2. The fraction of sp³-hybridized carbons (Fsp3) is 0.200. The molecule has 0 aliphatic rings. The smallest absolute Gasteiger partial charge is 0.125 e. The molecule has 0 bridgehead atoms. The first-order valence-corrected chi connectivity index (χ1v) is 6.64. The first-order valence-electron chi connectivity index (χ1n) is 5.84. The molecule has 1 N–H and O–H groups in total. The molecule has 0 aliphatic carbocycles. The lowest BCUT2D eigenvalue weighted by molar-refractivity contribution is 0.627. The molecule has 94 valence electrons. The van der Waals surface area contributed by atoms with Crippen LogP contribution in [0, 0.1) is 12.7 Å². The van der Waals surface area contributed by atoms with Crippen molar-refractivity contribution in [1.29, 1.82) is 0 Å². The van der Waals surface area contributed by atoms with Gasteiger partial charge in [0.1, 0.15) is 5.82 Å². The summed E-state index contributed by atoms with van der Waals surface area (Å²) in [5.41, 5.74) is 3.05. The number of halogens is 2. The van der Waals surface area contributed by atoms with E-state index in [9.17, 15) is 4.39 Å². The van der Waals surface area contributed by atoms with E-state index in [4.69, 9.17) is 0 Å². The zero-order valence-corrected chi connectivity index (χ0v) is 12.0. The molecular weight excluding hydrogens is 293 g/mol. The normalized spacial score (nSPS) is 12.2. The largest absolute Gasteiger partial charge is 0.378 e. The third kappa shape index (κ3) is 3.10. The number of aryl methyl sites for hydroxylation is 1. The van der Waals surface area contributed by atoms with Crippen LogP contribution in [0.5, 0.6) is 0 Å².